The van der Waals surface area contributed by atoms with Gasteiger partial charge in [0.05, 0.1) is 50.9 Å². The van der Waals surface area contributed by atoms with Crippen LogP contribution in [0.2, 0.25) is 0 Å². The number of carbonyl (C=O) groups excluding carboxylic acids is 1. The molecule has 228 valence electrons. The van der Waals surface area contributed by atoms with Crippen LogP contribution in [0.1, 0.15) is 28.8 Å². The molecule has 4 aromatic rings. The number of aromatic nitrogens is 2. The van der Waals surface area contributed by atoms with Crippen LogP contribution < -0.4 is 24.2 Å². The molecule has 0 aliphatic carbocycles. The van der Waals surface area contributed by atoms with Gasteiger partial charge in [0.1, 0.15) is 5.82 Å². The molecular weight excluding hydrogens is 556 g/mol. The molecule has 1 amide bonds. The Morgan fingerprint density at radius 3 is 2.30 bits per heavy atom. The van der Waals surface area contributed by atoms with E-state index in [4.69, 9.17) is 24.2 Å². The molecular formula is C34H38N6O4. The van der Waals surface area contributed by atoms with Crippen LogP contribution in [0, 0.1) is 6.92 Å². The molecule has 1 aromatic heterocycles. The summed E-state index contributed by atoms with van der Waals surface area (Å²) in [7, 11) is 3.28. The molecule has 44 heavy (non-hydrogen) atoms. The number of anilines is 4. The average molecular weight is 595 g/mol. The Morgan fingerprint density at radius 1 is 0.841 bits per heavy atom. The number of carbonyl (C=O) groups is 1. The zero-order chi connectivity index (χ0) is 30.2. The lowest BCUT2D eigenvalue weighted by atomic mass is 9.98. The third-order valence-electron chi connectivity index (χ3n) is 8.96. The number of hydrogen-bond acceptors (Lipinski definition) is 9. The van der Waals surface area contributed by atoms with E-state index in [2.05, 4.69) is 43.9 Å². The minimum atomic E-state index is 0.105. The van der Waals surface area contributed by atoms with Crippen LogP contribution in [0.25, 0.3) is 10.9 Å². The standard InChI is InChI=1S/C34H38N6O4/c1-23-9-10-29-27(19-23)33(41)40(22-39(29)24-7-5-4-6-8-24)25-11-13-37(14-12-25)32-26-20-30(42-2)31(43-3)21-28(26)35-34(36-32)38-15-17-44-18-16-38/h4-10,19-21,25H,11-18,22H2,1-3H3. The summed E-state index contributed by atoms with van der Waals surface area (Å²) in [6.45, 7) is 6.90. The minimum Gasteiger partial charge on any atom is -0.493 e. The molecule has 2 saturated heterocycles. The van der Waals surface area contributed by atoms with Gasteiger partial charge >= 0.3 is 0 Å². The number of amides is 1. The van der Waals surface area contributed by atoms with Crippen LogP contribution in [0.4, 0.5) is 23.1 Å². The van der Waals surface area contributed by atoms with Crippen molar-refractivity contribution >= 4 is 40.0 Å². The fraction of sp³-hybridized carbons (Fsp3) is 0.382. The van der Waals surface area contributed by atoms with E-state index in [1.807, 2.05) is 43.3 Å². The van der Waals surface area contributed by atoms with Gasteiger partial charge in [-0.3, -0.25) is 4.79 Å². The van der Waals surface area contributed by atoms with Gasteiger partial charge in [-0.15, -0.1) is 0 Å². The number of hydrogen-bond donors (Lipinski definition) is 0. The SMILES string of the molecule is COc1cc2nc(N3CCOCC3)nc(N3CCC(N4CN(c5ccccc5)c5ccc(C)cc5C4=O)CC3)c2cc1OC. The van der Waals surface area contributed by atoms with Crippen molar-refractivity contribution in [3.05, 3.63) is 71.8 Å². The van der Waals surface area contributed by atoms with Gasteiger partial charge in [0.2, 0.25) is 5.95 Å². The van der Waals surface area contributed by atoms with Crippen LogP contribution >= 0.6 is 0 Å². The van der Waals surface area contributed by atoms with Gasteiger partial charge in [-0.05, 0) is 50.1 Å². The van der Waals surface area contributed by atoms with Crippen LogP contribution in [0.5, 0.6) is 11.5 Å². The number of nitrogens with zero attached hydrogens (tertiary/aromatic N) is 6. The highest BCUT2D eigenvalue weighted by Gasteiger charge is 2.36. The quantitative estimate of drug-likeness (QED) is 0.306. The third-order valence-corrected chi connectivity index (χ3v) is 8.96. The molecule has 0 unspecified atom stereocenters. The van der Waals surface area contributed by atoms with Crippen LogP contribution in [-0.2, 0) is 4.74 Å². The van der Waals surface area contributed by atoms with Crippen molar-refractivity contribution in [2.75, 3.05) is 75.0 Å². The van der Waals surface area contributed by atoms with E-state index >= 15 is 0 Å². The number of methoxy groups -OCH3 is 2. The summed E-state index contributed by atoms with van der Waals surface area (Å²) in [6, 6.07) is 20.5. The predicted octanol–water partition coefficient (Wildman–Crippen LogP) is 5.01. The number of aryl methyl sites for hydroxylation is 1. The highest BCUT2D eigenvalue weighted by Crippen LogP contribution is 2.39. The van der Waals surface area contributed by atoms with E-state index in [0.29, 0.717) is 37.3 Å². The molecule has 0 atom stereocenters. The number of rotatable bonds is 6. The maximum Gasteiger partial charge on any atom is 0.257 e. The molecule has 3 aliphatic rings. The third kappa shape index (κ3) is 5.13. The number of benzene rings is 3. The second-order valence-electron chi connectivity index (χ2n) is 11.6. The summed E-state index contributed by atoms with van der Waals surface area (Å²) in [6.07, 6.45) is 1.67. The first-order chi connectivity index (χ1) is 21.5. The van der Waals surface area contributed by atoms with E-state index in [1.54, 1.807) is 14.2 Å². The van der Waals surface area contributed by atoms with Crippen molar-refractivity contribution in [1.82, 2.24) is 14.9 Å². The Labute approximate surface area is 257 Å². The molecule has 0 N–H and O–H groups in total. The minimum absolute atomic E-state index is 0.105. The molecule has 7 rings (SSSR count). The fourth-order valence-electron chi connectivity index (χ4n) is 6.58. The average Bonchev–Trinajstić information content (AvgIpc) is 3.08. The zero-order valence-electron chi connectivity index (χ0n) is 25.5. The molecule has 10 heteroatoms. The molecule has 0 bridgehead atoms. The molecule has 2 fully saturated rings. The van der Waals surface area contributed by atoms with Crippen molar-refractivity contribution in [1.29, 1.82) is 0 Å². The second-order valence-corrected chi connectivity index (χ2v) is 11.6. The van der Waals surface area contributed by atoms with Crippen molar-refractivity contribution in [2.45, 2.75) is 25.8 Å². The number of para-hydroxylation sites is 1. The maximum atomic E-state index is 13.9. The molecule has 3 aromatic carbocycles. The Bertz CT molecular complexity index is 1670. The summed E-state index contributed by atoms with van der Waals surface area (Å²) in [5.41, 5.74) is 4.71. The van der Waals surface area contributed by atoms with Crippen molar-refractivity contribution in [3.8, 4) is 11.5 Å². The van der Waals surface area contributed by atoms with Crippen molar-refractivity contribution in [3.63, 3.8) is 0 Å². The Balaban J connectivity index is 1.19. The topological polar surface area (TPSA) is 83.5 Å². The smallest absolute Gasteiger partial charge is 0.257 e. The summed E-state index contributed by atoms with van der Waals surface area (Å²) < 4.78 is 16.8. The highest BCUT2D eigenvalue weighted by atomic mass is 16.5. The van der Waals surface area contributed by atoms with Crippen LogP contribution in [0.3, 0.4) is 0 Å². The highest BCUT2D eigenvalue weighted by molar-refractivity contribution is 6.03. The van der Waals surface area contributed by atoms with Crippen LogP contribution in [-0.4, -0.2) is 87.1 Å². The van der Waals surface area contributed by atoms with Crippen LogP contribution in [0.15, 0.2) is 60.7 Å². The Kier molecular flexibility index (Phi) is 7.59. The lowest BCUT2D eigenvalue weighted by Gasteiger charge is -2.45. The van der Waals surface area contributed by atoms with Gasteiger partial charge in [0, 0.05) is 49.4 Å². The first-order valence-corrected chi connectivity index (χ1v) is 15.3. The van der Waals surface area contributed by atoms with E-state index in [0.717, 1.165) is 78.2 Å². The monoisotopic (exact) mass is 594 g/mol. The van der Waals surface area contributed by atoms with Crippen molar-refractivity contribution in [2.24, 2.45) is 0 Å². The largest absolute Gasteiger partial charge is 0.493 e. The van der Waals surface area contributed by atoms with Gasteiger partial charge in [-0.25, -0.2) is 4.98 Å². The number of morpholine rings is 1. The van der Waals surface area contributed by atoms with E-state index < -0.39 is 0 Å². The fourth-order valence-corrected chi connectivity index (χ4v) is 6.58. The first-order valence-electron chi connectivity index (χ1n) is 15.3. The Hall–Kier alpha value is -4.57. The zero-order valence-corrected chi connectivity index (χ0v) is 25.5. The Morgan fingerprint density at radius 2 is 1.57 bits per heavy atom. The number of fused-ring (bicyclic) bond motifs is 2. The van der Waals surface area contributed by atoms with Gasteiger partial charge in [0.15, 0.2) is 11.5 Å². The molecule has 10 nitrogen and oxygen atoms in total. The molecule has 0 radical (unpaired) electrons. The van der Waals surface area contributed by atoms with E-state index in [-0.39, 0.29) is 11.9 Å². The van der Waals surface area contributed by atoms with Gasteiger partial charge in [0.25, 0.3) is 5.91 Å². The number of ether oxygens (including phenoxy) is 3. The normalized spacial score (nSPS) is 17.7. The van der Waals surface area contributed by atoms with E-state index in [1.165, 1.54) is 0 Å². The molecule has 0 spiro atoms. The summed E-state index contributed by atoms with van der Waals surface area (Å²) >= 11 is 0. The molecule has 0 saturated carbocycles. The van der Waals surface area contributed by atoms with Crippen molar-refractivity contribution < 1.29 is 19.0 Å². The van der Waals surface area contributed by atoms with E-state index in [9.17, 15) is 4.79 Å². The molecule has 3 aliphatic heterocycles. The predicted molar refractivity (Wildman–Crippen MR) is 172 cm³/mol. The van der Waals surface area contributed by atoms with Gasteiger partial charge in [-0.2, -0.15) is 4.98 Å². The van der Waals surface area contributed by atoms with Gasteiger partial charge in [-0.1, -0.05) is 29.8 Å². The molecule has 4 heterocycles. The summed E-state index contributed by atoms with van der Waals surface area (Å²) in [5.74, 6) is 2.97. The lowest BCUT2D eigenvalue weighted by Crippen LogP contribution is -2.53. The maximum absolute atomic E-state index is 13.9. The second kappa shape index (κ2) is 11.8. The first kappa shape index (κ1) is 28.2. The summed E-state index contributed by atoms with van der Waals surface area (Å²) in [5, 5.41) is 0.923. The number of piperidine rings is 1. The van der Waals surface area contributed by atoms with Gasteiger partial charge < -0.3 is 33.8 Å². The summed E-state index contributed by atoms with van der Waals surface area (Å²) in [4.78, 5) is 32.8. The lowest BCUT2D eigenvalue weighted by molar-refractivity contribution is 0.0640.